The molecule has 0 aromatic heterocycles. The summed E-state index contributed by atoms with van der Waals surface area (Å²) in [7, 11) is 2.58. The van der Waals surface area contributed by atoms with Gasteiger partial charge in [-0.15, -0.1) is 0 Å². The highest BCUT2D eigenvalue weighted by atomic mass is 19.1. The molecular weight excluding hydrogens is 192 g/mol. The van der Waals surface area contributed by atoms with Crippen molar-refractivity contribution in [2.45, 2.75) is 6.54 Å². The molecule has 0 bridgehead atoms. The third kappa shape index (κ3) is 1.63. The van der Waals surface area contributed by atoms with E-state index in [0.29, 0.717) is 0 Å². The lowest BCUT2D eigenvalue weighted by Gasteiger charge is -2.12. The van der Waals surface area contributed by atoms with Crippen LogP contribution in [0.3, 0.4) is 0 Å². The van der Waals surface area contributed by atoms with Crippen molar-refractivity contribution in [3.05, 3.63) is 23.3 Å². The van der Waals surface area contributed by atoms with Gasteiger partial charge in [0.15, 0.2) is 17.3 Å². The average molecular weight is 203 g/mol. The zero-order chi connectivity index (χ0) is 10.7. The molecule has 0 aliphatic rings. The highest BCUT2D eigenvalue weighted by Crippen LogP contribution is 2.35. The van der Waals surface area contributed by atoms with Crippen LogP contribution in [-0.4, -0.2) is 14.2 Å². The third-order valence-electron chi connectivity index (χ3n) is 1.85. The SMILES string of the molecule is COc1c(F)cc(F)c(CN)c1OC. The number of hydrogen-bond acceptors (Lipinski definition) is 3. The minimum absolute atomic E-state index is 0.00694. The van der Waals surface area contributed by atoms with E-state index in [0.717, 1.165) is 6.07 Å². The summed E-state index contributed by atoms with van der Waals surface area (Å²) in [6.45, 7) is -0.0777. The van der Waals surface area contributed by atoms with Crippen molar-refractivity contribution in [3.8, 4) is 11.5 Å². The van der Waals surface area contributed by atoms with Gasteiger partial charge in [-0.25, -0.2) is 8.78 Å². The Morgan fingerprint density at radius 1 is 1.14 bits per heavy atom. The van der Waals surface area contributed by atoms with Crippen LogP contribution < -0.4 is 15.2 Å². The molecule has 0 aliphatic carbocycles. The summed E-state index contributed by atoms with van der Waals surface area (Å²) in [4.78, 5) is 0. The first-order valence-electron chi connectivity index (χ1n) is 3.94. The molecule has 0 amide bonds. The molecule has 0 radical (unpaired) electrons. The van der Waals surface area contributed by atoms with E-state index in [1.54, 1.807) is 0 Å². The van der Waals surface area contributed by atoms with Crippen LogP contribution >= 0.6 is 0 Å². The second-order valence-corrected chi connectivity index (χ2v) is 2.59. The van der Waals surface area contributed by atoms with E-state index < -0.39 is 11.6 Å². The molecule has 5 heteroatoms. The summed E-state index contributed by atoms with van der Waals surface area (Å²) >= 11 is 0. The van der Waals surface area contributed by atoms with E-state index in [4.69, 9.17) is 15.2 Å². The quantitative estimate of drug-likeness (QED) is 0.808. The number of methoxy groups -OCH3 is 2. The van der Waals surface area contributed by atoms with Gasteiger partial charge in [-0.3, -0.25) is 0 Å². The van der Waals surface area contributed by atoms with Crippen LogP contribution in [0.4, 0.5) is 8.78 Å². The first-order valence-corrected chi connectivity index (χ1v) is 3.94. The van der Waals surface area contributed by atoms with Crippen molar-refractivity contribution in [3.63, 3.8) is 0 Å². The highest BCUT2D eigenvalue weighted by Gasteiger charge is 2.18. The van der Waals surface area contributed by atoms with Crippen LogP contribution in [0.1, 0.15) is 5.56 Å². The van der Waals surface area contributed by atoms with Crippen LogP contribution in [0, 0.1) is 11.6 Å². The minimum Gasteiger partial charge on any atom is -0.492 e. The normalized spacial score (nSPS) is 10.1. The van der Waals surface area contributed by atoms with Crippen LogP contribution in [0.2, 0.25) is 0 Å². The molecule has 0 unspecified atom stereocenters. The van der Waals surface area contributed by atoms with Crippen molar-refractivity contribution in [1.29, 1.82) is 0 Å². The minimum atomic E-state index is -0.806. The zero-order valence-corrected chi connectivity index (χ0v) is 7.93. The fraction of sp³-hybridized carbons (Fsp3) is 0.333. The summed E-state index contributed by atoms with van der Waals surface area (Å²) < 4.78 is 35.9. The molecule has 14 heavy (non-hydrogen) atoms. The van der Waals surface area contributed by atoms with Gasteiger partial charge in [0, 0.05) is 18.2 Å². The molecule has 78 valence electrons. The maximum absolute atomic E-state index is 13.2. The van der Waals surface area contributed by atoms with Crippen LogP contribution in [-0.2, 0) is 6.54 Å². The average Bonchev–Trinajstić information content (AvgIpc) is 2.16. The van der Waals surface area contributed by atoms with Crippen molar-refractivity contribution in [2.24, 2.45) is 5.73 Å². The maximum atomic E-state index is 13.2. The van der Waals surface area contributed by atoms with E-state index in [1.807, 2.05) is 0 Å². The molecule has 0 fully saturated rings. The first kappa shape index (κ1) is 10.7. The molecule has 1 aromatic carbocycles. The van der Waals surface area contributed by atoms with Crippen molar-refractivity contribution < 1.29 is 18.3 Å². The molecule has 0 saturated heterocycles. The number of nitrogens with two attached hydrogens (primary N) is 1. The molecule has 2 N–H and O–H groups in total. The van der Waals surface area contributed by atoms with E-state index >= 15 is 0 Å². The molecule has 3 nitrogen and oxygen atoms in total. The molecular formula is C9H11F2NO2. The van der Waals surface area contributed by atoms with Crippen LogP contribution in [0.5, 0.6) is 11.5 Å². The molecule has 0 aliphatic heterocycles. The Labute approximate surface area is 80.4 Å². The molecule has 0 spiro atoms. The number of rotatable bonds is 3. The molecule has 1 rings (SSSR count). The summed E-state index contributed by atoms with van der Waals surface area (Å²) in [6.07, 6.45) is 0. The predicted octanol–water partition coefficient (Wildman–Crippen LogP) is 1.44. The standard InChI is InChI=1S/C9H11F2NO2/c1-13-8-5(4-12)6(10)3-7(11)9(8)14-2/h3H,4,12H2,1-2H3. The van der Waals surface area contributed by atoms with Crippen molar-refractivity contribution in [1.82, 2.24) is 0 Å². The smallest absolute Gasteiger partial charge is 0.197 e. The lowest BCUT2D eigenvalue weighted by molar-refractivity contribution is 0.330. The van der Waals surface area contributed by atoms with E-state index in [2.05, 4.69) is 0 Å². The second kappa shape index (κ2) is 4.23. The number of hydrogen-bond donors (Lipinski definition) is 1. The number of benzene rings is 1. The van der Waals surface area contributed by atoms with E-state index in [-0.39, 0.29) is 23.6 Å². The summed E-state index contributed by atoms with van der Waals surface area (Å²) in [5, 5.41) is 0. The Morgan fingerprint density at radius 2 is 1.71 bits per heavy atom. The highest BCUT2D eigenvalue weighted by molar-refractivity contribution is 5.48. The van der Waals surface area contributed by atoms with Crippen LogP contribution in [0.25, 0.3) is 0 Å². The van der Waals surface area contributed by atoms with Gasteiger partial charge < -0.3 is 15.2 Å². The molecule has 1 aromatic rings. The summed E-state index contributed by atoms with van der Waals surface area (Å²) in [6, 6.07) is 0.726. The largest absolute Gasteiger partial charge is 0.492 e. The Hall–Kier alpha value is -1.36. The fourth-order valence-electron chi connectivity index (χ4n) is 1.21. The topological polar surface area (TPSA) is 44.5 Å². The Balaban J connectivity index is 3.43. The van der Waals surface area contributed by atoms with E-state index in [9.17, 15) is 8.78 Å². The van der Waals surface area contributed by atoms with Gasteiger partial charge in [-0.1, -0.05) is 0 Å². The van der Waals surface area contributed by atoms with Gasteiger partial charge in [0.2, 0.25) is 0 Å². The fourth-order valence-corrected chi connectivity index (χ4v) is 1.21. The lowest BCUT2D eigenvalue weighted by atomic mass is 10.1. The van der Waals surface area contributed by atoms with Gasteiger partial charge >= 0.3 is 0 Å². The van der Waals surface area contributed by atoms with Gasteiger partial charge in [-0.2, -0.15) is 0 Å². The first-order chi connectivity index (χ1) is 6.65. The maximum Gasteiger partial charge on any atom is 0.197 e. The van der Waals surface area contributed by atoms with Gasteiger partial charge in [0.1, 0.15) is 5.82 Å². The second-order valence-electron chi connectivity index (χ2n) is 2.59. The summed E-state index contributed by atoms with van der Waals surface area (Å²) in [5.74, 6) is -1.66. The molecule has 0 saturated carbocycles. The Bertz CT molecular complexity index is 314. The summed E-state index contributed by atoms with van der Waals surface area (Å²) in [5.41, 5.74) is 5.41. The molecule has 0 heterocycles. The van der Waals surface area contributed by atoms with Gasteiger partial charge in [0.05, 0.1) is 14.2 Å². The monoisotopic (exact) mass is 203 g/mol. The van der Waals surface area contributed by atoms with Crippen molar-refractivity contribution in [2.75, 3.05) is 14.2 Å². The number of halogens is 2. The van der Waals surface area contributed by atoms with Crippen molar-refractivity contribution >= 4 is 0 Å². The molecule has 0 atom stereocenters. The number of ether oxygens (including phenoxy) is 2. The zero-order valence-electron chi connectivity index (χ0n) is 7.93. The lowest BCUT2D eigenvalue weighted by Crippen LogP contribution is -2.06. The predicted molar refractivity (Wildman–Crippen MR) is 47.4 cm³/mol. The Morgan fingerprint density at radius 3 is 2.14 bits per heavy atom. The van der Waals surface area contributed by atoms with Gasteiger partial charge in [0.25, 0.3) is 0 Å². The van der Waals surface area contributed by atoms with Gasteiger partial charge in [-0.05, 0) is 0 Å². The Kier molecular flexibility index (Phi) is 3.24. The van der Waals surface area contributed by atoms with Crippen LogP contribution in [0.15, 0.2) is 6.07 Å². The third-order valence-corrected chi connectivity index (χ3v) is 1.85. The van der Waals surface area contributed by atoms with E-state index in [1.165, 1.54) is 14.2 Å².